The molecule has 0 bridgehead atoms. The van der Waals surface area contributed by atoms with Gasteiger partial charge in [0.05, 0.1) is 13.2 Å². The van der Waals surface area contributed by atoms with Gasteiger partial charge in [-0.25, -0.2) is 0 Å². The van der Waals surface area contributed by atoms with Gasteiger partial charge >= 0.3 is 6.36 Å². The van der Waals surface area contributed by atoms with E-state index in [0.29, 0.717) is 0 Å². The van der Waals surface area contributed by atoms with Crippen LogP contribution in [0.2, 0.25) is 0 Å². The number of amides is 2. The zero-order valence-electron chi connectivity index (χ0n) is 11.0. The molecule has 1 unspecified atom stereocenters. The summed E-state index contributed by atoms with van der Waals surface area (Å²) in [7, 11) is 0. The smallest absolute Gasteiger partial charge is 0.342 e. The fraction of sp³-hybridized carbons (Fsp3) is 0.818. The van der Waals surface area contributed by atoms with Gasteiger partial charge in [-0.1, -0.05) is 20.8 Å². The van der Waals surface area contributed by atoms with Crippen LogP contribution in [0, 0.1) is 5.41 Å². The van der Waals surface area contributed by atoms with E-state index in [2.05, 4.69) is 10.1 Å². The fourth-order valence-corrected chi connectivity index (χ4v) is 1.75. The third-order valence-electron chi connectivity index (χ3n) is 2.69. The van der Waals surface area contributed by atoms with Crippen molar-refractivity contribution in [3.63, 3.8) is 0 Å². The molecule has 1 aliphatic rings. The maximum absolute atomic E-state index is 12.0. The summed E-state index contributed by atoms with van der Waals surface area (Å²) in [6, 6.07) is -0.736. The number of nitrogens with zero attached hydrogens (tertiary/aromatic N) is 1. The predicted molar refractivity (Wildman–Crippen MR) is 60.0 cm³/mol. The lowest BCUT2D eigenvalue weighted by Crippen LogP contribution is -2.62. The molecule has 8 heteroatoms. The molecule has 1 aliphatic heterocycles. The number of hydrogen-bond acceptors (Lipinski definition) is 3. The second kappa shape index (κ2) is 5.36. The highest BCUT2D eigenvalue weighted by Gasteiger charge is 2.40. The lowest BCUT2D eigenvalue weighted by Gasteiger charge is -2.38. The van der Waals surface area contributed by atoms with E-state index in [1.54, 1.807) is 20.8 Å². The zero-order valence-corrected chi connectivity index (χ0v) is 11.0. The summed E-state index contributed by atoms with van der Waals surface area (Å²) in [5, 5.41) is 2.55. The largest absolute Gasteiger partial charge is 0.522 e. The van der Waals surface area contributed by atoms with Crippen molar-refractivity contribution in [2.24, 2.45) is 5.41 Å². The third kappa shape index (κ3) is 4.70. The van der Waals surface area contributed by atoms with E-state index in [1.165, 1.54) is 0 Å². The second-order valence-corrected chi connectivity index (χ2v) is 5.42. The van der Waals surface area contributed by atoms with Crippen LogP contribution >= 0.6 is 0 Å². The van der Waals surface area contributed by atoms with Gasteiger partial charge in [-0.2, -0.15) is 0 Å². The van der Waals surface area contributed by atoms with E-state index in [1.807, 2.05) is 0 Å². The molecule has 1 N–H and O–H groups in total. The van der Waals surface area contributed by atoms with E-state index in [9.17, 15) is 22.8 Å². The van der Waals surface area contributed by atoms with Crippen LogP contribution in [0.3, 0.4) is 0 Å². The number of alkyl halides is 3. The molecule has 1 rings (SSSR count). The molecule has 1 atom stereocenters. The molecule has 0 spiro atoms. The molecule has 0 aromatic heterocycles. The molecule has 110 valence electrons. The molecule has 0 aliphatic carbocycles. The Balaban J connectivity index is 2.63. The van der Waals surface area contributed by atoms with Crippen molar-refractivity contribution in [2.75, 3.05) is 19.7 Å². The average molecular weight is 282 g/mol. The molecule has 0 radical (unpaired) electrons. The second-order valence-electron chi connectivity index (χ2n) is 5.42. The number of carbonyl (C=O) groups is 2. The summed E-state index contributed by atoms with van der Waals surface area (Å²) in [6.07, 6.45) is -4.73. The molecule has 0 aromatic rings. The van der Waals surface area contributed by atoms with Crippen molar-refractivity contribution in [1.82, 2.24) is 10.2 Å². The van der Waals surface area contributed by atoms with Crippen molar-refractivity contribution in [3.8, 4) is 0 Å². The number of nitrogens with one attached hydrogen (secondary N) is 1. The van der Waals surface area contributed by atoms with Crippen molar-refractivity contribution >= 4 is 11.8 Å². The first-order valence-corrected chi connectivity index (χ1v) is 5.79. The van der Waals surface area contributed by atoms with Gasteiger partial charge in [-0.3, -0.25) is 14.3 Å². The summed E-state index contributed by atoms with van der Waals surface area (Å²) in [5.41, 5.74) is -0.504. The molecule has 19 heavy (non-hydrogen) atoms. The molecule has 0 saturated carbocycles. The Hall–Kier alpha value is -1.31. The van der Waals surface area contributed by atoms with Gasteiger partial charge in [0.15, 0.2) is 0 Å². The van der Waals surface area contributed by atoms with Crippen molar-refractivity contribution in [3.05, 3.63) is 0 Å². The van der Waals surface area contributed by atoms with Crippen LogP contribution in [0.25, 0.3) is 0 Å². The van der Waals surface area contributed by atoms with Crippen LogP contribution in [0.4, 0.5) is 13.2 Å². The fourth-order valence-electron chi connectivity index (χ4n) is 1.75. The molecular formula is C11H17F3N2O3. The Bertz CT molecular complexity index is 363. The van der Waals surface area contributed by atoms with E-state index in [0.717, 1.165) is 4.90 Å². The number of hydrogen-bond donors (Lipinski definition) is 1. The standard InChI is InChI=1S/C11H17F3N2O3/c1-10(2,3)8-9(18)16(6-7(17)15-8)4-5-19-11(12,13)14/h8H,4-6H2,1-3H3,(H,15,17). The monoisotopic (exact) mass is 282 g/mol. The van der Waals surface area contributed by atoms with Crippen molar-refractivity contribution in [1.29, 1.82) is 0 Å². The van der Waals surface area contributed by atoms with E-state index >= 15 is 0 Å². The topological polar surface area (TPSA) is 58.6 Å². The van der Waals surface area contributed by atoms with E-state index < -0.39 is 30.3 Å². The molecule has 1 heterocycles. The van der Waals surface area contributed by atoms with Gasteiger partial charge in [-0.05, 0) is 5.41 Å². The van der Waals surface area contributed by atoms with Crippen LogP contribution in [0.5, 0.6) is 0 Å². The first-order chi connectivity index (χ1) is 8.50. The molecular weight excluding hydrogens is 265 g/mol. The van der Waals surface area contributed by atoms with Gasteiger partial charge in [0.25, 0.3) is 0 Å². The Morgan fingerprint density at radius 1 is 1.32 bits per heavy atom. The third-order valence-corrected chi connectivity index (χ3v) is 2.69. The van der Waals surface area contributed by atoms with Gasteiger partial charge in [0.2, 0.25) is 11.8 Å². The van der Waals surface area contributed by atoms with Gasteiger partial charge in [0, 0.05) is 6.54 Å². The molecule has 5 nitrogen and oxygen atoms in total. The van der Waals surface area contributed by atoms with Gasteiger partial charge in [0.1, 0.15) is 6.04 Å². The minimum Gasteiger partial charge on any atom is -0.342 e. The first-order valence-electron chi connectivity index (χ1n) is 5.79. The Morgan fingerprint density at radius 2 is 1.89 bits per heavy atom. The van der Waals surface area contributed by atoms with E-state index in [-0.39, 0.29) is 19.0 Å². The molecule has 2 amide bonds. The summed E-state index contributed by atoms with van der Waals surface area (Å²) >= 11 is 0. The number of halogens is 3. The molecule has 0 aromatic carbocycles. The van der Waals surface area contributed by atoms with E-state index in [4.69, 9.17) is 0 Å². The average Bonchev–Trinajstić information content (AvgIpc) is 2.19. The summed E-state index contributed by atoms with van der Waals surface area (Å²) in [4.78, 5) is 24.6. The Labute approximate surface area is 109 Å². The predicted octanol–water partition coefficient (Wildman–Crippen LogP) is 0.896. The molecule has 1 fully saturated rings. The number of rotatable bonds is 3. The van der Waals surface area contributed by atoms with Crippen LogP contribution in [0.1, 0.15) is 20.8 Å². The van der Waals surface area contributed by atoms with Crippen LogP contribution in [-0.4, -0.2) is 48.8 Å². The normalized spacial score (nSPS) is 21.6. The SMILES string of the molecule is CC(C)(C)C1NC(=O)CN(CCOC(F)(F)F)C1=O. The van der Waals surface area contributed by atoms with Crippen LogP contribution in [-0.2, 0) is 14.3 Å². The molecule has 1 saturated heterocycles. The quantitative estimate of drug-likeness (QED) is 0.836. The van der Waals surface area contributed by atoms with Crippen LogP contribution in [0.15, 0.2) is 0 Å². The number of piperazine rings is 1. The highest BCUT2D eigenvalue weighted by atomic mass is 19.4. The van der Waals surface area contributed by atoms with Crippen LogP contribution < -0.4 is 5.32 Å². The lowest BCUT2D eigenvalue weighted by molar-refractivity contribution is -0.324. The summed E-state index contributed by atoms with van der Waals surface area (Å²) in [5.74, 6) is -0.774. The number of carbonyl (C=O) groups excluding carboxylic acids is 2. The Morgan fingerprint density at radius 3 is 2.37 bits per heavy atom. The maximum Gasteiger partial charge on any atom is 0.522 e. The number of ether oxygens (including phenoxy) is 1. The highest BCUT2D eigenvalue weighted by Crippen LogP contribution is 2.23. The highest BCUT2D eigenvalue weighted by molar-refractivity contribution is 5.95. The summed E-state index contributed by atoms with van der Waals surface area (Å²) in [6.45, 7) is 4.12. The minimum atomic E-state index is -4.73. The maximum atomic E-state index is 12.0. The van der Waals surface area contributed by atoms with Crippen molar-refractivity contribution < 1.29 is 27.5 Å². The summed E-state index contributed by atoms with van der Waals surface area (Å²) < 4.78 is 39.1. The lowest BCUT2D eigenvalue weighted by atomic mass is 9.85. The zero-order chi connectivity index (χ0) is 14.8. The minimum absolute atomic E-state index is 0.243. The Kier molecular flexibility index (Phi) is 4.44. The van der Waals surface area contributed by atoms with Gasteiger partial charge in [-0.15, -0.1) is 13.2 Å². The first kappa shape index (κ1) is 15.7. The van der Waals surface area contributed by atoms with Crippen molar-refractivity contribution in [2.45, 2.75) is 33.2 Å². The van der Waals surface area contributed by atoms with Gasteiger partial charge < -0.3 is 10.2 Å².